The number of nitrogens with zero attached hydrogens (tertiary/aromatic N) is 2. The van der Waals surface area contributed by atoms with E-state index in [4.69, 9.17) is 0 Å². The number of hydrogen-bond acceptors (Lipinski definition) is 5. The first-order valence-electron chi connectivity index (χ1n) is 12.7. The molecule has 8 nitrogen and oxygen atoms in total. The van der Waals surface area contributed by atoms with E-state index in [1.807, 2.05) is 60.8 Å². The molecule has 0 bridgehead atoms. The minimum absolute atomic E-state index is 0.152. The van der Waals surface area contributed by atoms with Gasteiger partial charge >= 0.3 is 0 Å². The molecular formula is C30H30N3O5S+. The summed E-state index contributed by atoms with van der Waals surface area (Å²) in [5, 5.41) is 3.27. The molecule has 0 unspecified atom stereocenters. The van der Waals surface area contributed by atoms with Crippen molar-refractivity contribution in [1.29, 1.82) is 0 Å². The third-order valence-electron chi connectivity index (χ3n) is 7.22. The van der Waals surface area contributed by atoms with Crippen LogP contribution in [0.15, 0.2) is 85.1 Å². The number of allylic oxidation sites excluding steroid dienone is 1. The number of benzene rings is 3. The van der Waals surface area contributed by atoms with Crippen molar-refractivity contribution in [2.24, 2.45) is 0 Å². The quantitative estimate of drug-likeness (QED) is 0.229. The molecule has 200 valence electrons. The molecule has 0 aromatic heterocycles. The van der Waals surface area contributed by atoms with Crippen LogP contribution in [0.2, 0.25) is 0 Å². The molecule has 9 heteroatoms. The first-order chi connectivity index (χ1) is 18.6. The van der Waals surface area contributed by atoms with E-state index < -0.39 is 15.5 Å². The second-order valence-electron chi connectivity index (χ2n) is 10.2. The van der Waals surface area contributed by atoms with Gasteiger partial charge in [-0.25, -0.2) is 0 Å². The van der Waals surface area contributed by atoms with Crippen LogP contribution < -0.4 is 5.32 Å². The van der Waals surface area contributed by atoms with E-state index in [9.17, 15) is 22.6 Å². The molecule has 0 radical (unpaired) electrons. The predicted molar refractivity (Wildman–Crippen MR) is 150 cm³/mol. The Bertz CT molecular complexity index is 1590. The zero-order valence-corrected chi connectivity index (χ0v) is 22.6. The molecule has 2 heterocycles. The van der Waals surface area contributed by atoms with Crippen LogP contribution in [0.25, 0.3) is 0 Å². The van der Waals surface area contributed by atoms with Gasteiger partial charge in [-0.2, -0.15) is 13.0 Å². The Morgan fingerprint density at radius 3 is 2.23 bits per heavy atom. The Labute approximate surface area is 228 Å². The number of carbonyl (C=O) groups is 2. The number of carbonyl (C=O) groups excluding carboxylic acids is 2. The topological polar surface area (TPSA) is 107 Å². The highest BCUT2D eigenvalue weighted by molar-refractivity contribution is 7.85. The van der Waals surface area contributed by atoms with Gasteiger partial charge in [0.2, 0.25) is 5.69 Å². The monoisotopic (exact) mass is 544 g/mol. The van der Waals surface area contributed by atoms with E-state index in [1.54, 1.807) is 24.3 Å². The largest absolute Gasteiger partial charge is 0.361 e. The molecule has 0 spiro atoms. The molecule has 2 N–H and O–H groups in total. The van der Waals surface area contributed by atoms with Crippen molar-refractivity contribution >= 4 is 39.0 Å². The van der Waals surface area contributed by atoms with Crippen molar-refractivity contribution in [3.8, 4) is 0 Å². The number of hydrogen-bond donors (Lipinski definition) is 2. The average molecular weight is 545 g/mol. The van der Waals surface area contributed by atoms with Crippen molar-refractivity contribution in [2.45, 2.75) is 32.2 Å². The van der Waals surface area contributed by atoms with Crippen molar-refractivity contribution in [2.75, 3.05) is 17.6 Å². The van der Waals surface area contributed by atoms with Crippen LogP contribution in [0.5, 0.6) is 0 Å². The van der Waals surface area contributed by atoms with E-state index >= 15 is 0 Å². The lowest BCUT2D eigenvalue weighted by molar-refractivity contribution is -0.437. The number of fused-ring (bicyclic) bond motifs is 2. The fourth-order valence-corrected chi connectivity index (χ4v) is 5.78. The van der Waals surface area contributed by atoms with Gasteiger partial charge in [0, 0.05) is 36.0 Å². The zero-order valence-electron chi connectivity index (χ0n) is 21.8. The Hall–Kier alpha value is -4.08. The molecular weight excluding hydrogens is 514 g/mol. The van der Waals surface area contributed by atoms with E-state index in [-0.39, 0.29) is 30.5 Å². The molecule has 0 saturated carbocycles. The van der Waals surface area contributed by atoms with E-state index in [2.05, 4.69) is 23.7 Å². The molecule has 5 rings (SSSR count). The van der Waals surface area contributed by atoms with Crippen molar-refractivity contribution in [3.63, 3.8) is 0 Å². The highest BCUT2D eigenvalue weighted by Gasteiger charge is 2.45. The summed E-state index contributed by atoms with van der Waals surface area (Å²) in [6.07, 6.45) is 4.08. The third-order valence-corrected chi connectivity index (χ3v) is 8.03. The SMILES string of the molecule is CC1(C)C(/C=C/Nc2ccccc2)=[N+](CCCS(=O)(=O)O)c2ccc(CN3C(=O)c4ccccc4C3=O)cc21. The average Bonchev–Trinajstić information content (AvgIpc) is 3.26. The van der Waals surface area contributed by atoms with Crippen LogP contribution in [-0.2, 0) is 22.1 Å². The number of imide groups is 1. The van der Waals surface area contributed by atoms with Crippen LogP contribution >= 0.6 is 0 Å². The van der Waals surface area contributed by atoms with Gasteiger partial charge in [-0.15, -0.1) is 0 Å². The molecule has 0 saturated heterocycles. The lowest BCUT2D eigenvalue weighted by Crippen LogP contribution is -2.30. The first-order valence-corrected chi connectivity index (χ1v) is 14.3. The van der Waals surface area contributed by atoms with Crippen LogP contribution in [0.4, 0.5) is 11.4 Å². The Morgan fingerprint density at radius 1 is 0.949 bits per heavy atom. The number of amides is 2. The Kier molecular flexibility index (Phi) is 6.96. The molecule has 2 amide bonds. The minimum Gasteiger partial charge on any atom is -0.361 e. The fraction of sp³-hybridized carbons (Fsp3) is 0.233. The maximum absolute atomic E-state index is 12.9. The normalized spacial score (nSPS) is 16.2. The van der Waals surface area contributed by atoms with Gasteiger partial charge in [0.25, 0.3) is 21.9 Å². The Morgan fingerprint density at radius 2 is 1.59 bits per heavy atom. The zero-order chi connectivity index (χ0) is 27.8. The maximum Gasteiger partial charge on any atom is 0.265 e. The van der Waals surface area contributed by atoms with Crippen LogP contribution in [0.1, 0.15) is 52.1 Å². The van der Waals surface area contributed by atoms with Crippen LogP contribution in [-0.4, -0.2) is 52.3 Å². The van der Waals surface area contributed by atoms with E-state index in [0.717, 1.165) is 28.2 Å². The standard InChI is InChI=1S/C30H29N3O5S/c1-30(2)25-19-21(20-33-28(34)23-11-6-7-12-24(23)29(33)35)13-14-26(25)32(17-8-18-39(36,37)38)27(30)15-16-31-22-9-4-3-5-10-22/h3-7,9-16,19H,8,17-18,20H2,1-2H3,(H,36,37,38)/p+1. The smallest absolute Gasteiger partial charge is 0.265 e. The van der Waals surface area contributed by atoms with E-state index in [0.29, 0.717) is 17.7 Å². The number of anilines is 1. The number of para-hydroxylation sites is 1. The summed E-state index contributed by atoms with van der Waals surface area (Å²) in [4.78, 5) is 27.1. The summed E-state index contributed by atoms with van der Waals surface area (Å²) in [6.45, 7) is 4.71. The van der Waals surface area contributed by atoms with Gasteiger partial charge in [0.05, 0.1) is 28.8 Å². The molecule has 39 heavy (non-hydrogen) atoms. The minimum atomic E-state index is -4.08. The number of rotatable bonds is 9. The second kappa shape index (κ2) is 10.2. The molecule has 3 aromatic carbocycles. The van der Waals surface area contributed by atoms with Crippen molar-refractivity contribution in [1.82, 2.24) is 4.90 Å². The highest BCUT2D eigenvalue weighted by atomic mass is 32.2. The van der Waals surface area contributed by atoms with Gasteiger partial charge < -0.3 is 5.32 Å². The summed E-state index contributed by atoms with van der Waals surface area (Å²) in [5.74, 6) is -0.940. The molecule has 2 aliphatic heterocycles. The van der Waals surface area contributed by atoms with Gasteiger partial charge in [-0.05, 0) is 49.7 Å². The van der Waals surface area contributed by atoms with Gasteiger partial charge in [0.15, 0.2) is 5.71 Å². The summed E-state index contributed by atoms with van der Waals surface area (Å²) >= 11 is 0. The fourth-order valence-electron chi connectivity index (χ4n) is 5.28. The lowest BCUT2D eigenvalue weighted by Gasteiger charge is -2.18. The Balaban J connectivity index is 1.45. The highest BCUT2D eigenvalue weighted by Crippen LogP contribution is 2.41. The van der Waals surface area contributed by atoms with Crippen LogP contribution in [0, 0.1) is 0 Å². The summed E-state index contributed by atoms with van der Waals surface area (Å²) < 4.78 is 34.1. The van der Waals surface area contributed by atoms with Gasteiger partial charge in [-0.3, -0.25) is 19.0 Å². The summed E-state index contributed by atoms with van der Waals surface area (Å²) in [7, 11) is -4.08. The summed E-state index contributed by atoms with van der Waals surface area (Å²) in [5.41, 5.74) is 5.00. The predicted octanol–water partition coefficient (Wildman–Crippen LogP) is 4.76. The molecule has 0 aliphatic carbocycles. The third kappa shape index (κ3) is 5.28. The molecule has 3 aromatic rings. The van der Waals surface area contributed by atoms with Crippen molar-refractivity contribution < 1.29 is 27.1 Å². The second-order valence-corrected chi connectivity index (χ2v) is 11.8. The van der Waals surface area contributed by atoms with Crippen LogP contribution in [0.3, 0.4) is 0 Å². The molecule has 2 aliphatic rings. The summed E-state index contributed by atoms with van der Waals surface area (Å²) in [6, 6.07) is 22.4. The molecule has 0 atom stereocenters. The lowest BCUT2D eigenvalue weighted by atomic mass is 9.81. The van der Waals surface area contributed by atoms with Crippen molar-refractivity contribution in [3.05, 3.63) is 107 Å². The number of nitrogens with one attached hydrogen (secondary N) is 1. The maximum atomic E-state index is 12.9. The first kappa shape index (κ1) is 26.5. The van der Waals surface area contributed by atoms with Gasteiger partial charge in [0.1, 0.15) is 6.54 Å². The van der Waals surface area contributed by atoms with E-state index in [1.165, 1.54) is 4.90 Å². The van der Waals surface area contributed by atoms with Gasteiger partial charge in [-0.1, -0.05) is 36.4 Å². The molecule has 0 fully saturated rings.